The van der Waals surface area contributed by atoms with Gasteiger partial charge >= 0.3 is 0 Å². The van der Waals surface area contributed by atoms with E-state index in [-0.39, 0.29) is 5.82 Å². The molecule has 3 rings (SSSR count). The largest absolute Gasteiger partial charge is 0.330 e. The molecule has 8 heteroatoms. The summed E-state index contributed by atoms with van der Waals surface area (Å²) in [5, 5.41) is 15.2. The number of aromatic nitrogens is 4. The molecule has 0 aliphatic carbocycles. The highest BCUT2D eigenvalue weighted by Crippen LogP contribution is 2.14. The Labute approximate surface area is 150 Å². The van der Waals surface area contributed by atoms with Crippen molar-refractivity contribution >= 4 is 28.8 Å². The molecule has 0 unspecified atom stereocenters. The molecule has 0 saturated heterocycles. The number of rotatable bonds is 5. The molecule has 0 aliphatic heterocycles. The zero-order valence-corrected chi connectivity index (χ0v) is 14.8. The van der Waals surface area contributed by atoms with E-state index in [9.17, 15) is 4.39 Å². The third-order valence-electron chi connectivity index (χ3n) is 3.82. The number of halogens is 1. The molecule has 25 heavy (non-hydrogen) atoms. The summed E-state index contributed by atoms with van der Waals surface area (Å²) in [6.45, 7) is 5.16. The molecule has 0 fully saturated rings. The van der Waals surface area contributed by atoms with E-state index in [2.05, 4.69) is 20.8 Å². The van der Waals surface area contributed by atoms with Crippen LogP contribution in [-0.2, 0) is 13.1 Å². The van der Waals surface area contributed by atoms with Gasteiger partial charge in [-0.15, -0.1) is 0 Å². The molecule has 0 amide bonds. The topological polar surface area (TPSA) is 59.7 Å². The SMILES string of the molecule is CCn1ncc(NC(=S)Nc2ccn(Cc3ccccc3F)n2)c1C. The van der Waals surface area contributed by atoms with Crippen LogP contribution in [0.25, 0.3) is 0 Å². The number of benzene rings is 1. The van der Waals surface area contributed by atoms with Crippen LogP contribution in [-0.4, -0.2) is 24.7 Å². The molecule has 0 saturated carbocycles. The molecule has 0 radical (unpaired) electrons. The Kier molecular flexibility index (Phi) is 5.08. The van der Waals surface area contributed by atoms with Gasteiger partial charge in [-0.25, -0.2) is 4.39 Å². The van der Waals surface area contributed by atoms with Gasteiger partial charge < -0.3 is 10.6 Å². The van der Waals surface area contributed by atoms with E-state index in [1.807, 2.05) is 18.5 Å². The molecule has 1 aromatic carbocycles. The van der Waals surface area contributed by atoms with Crippen LogP contribution in [0.2, 0.25) is 0 Å². The summed E-state index contributed by atoms with van der Waals surface area (Å²) in [6, 6.07) is 8.44. The van der Waals surface area contributed by atoms with Crippen molar-refractivity contribution in [3.8, 4) is 0 Å². The molecular formula is C17H19FN6S. The van der Waals surface area contributed by atoms with Crippen LogP contribution in [0.15, 0.2) is 42.7 Å². The molecule has 130 valence electrons. The van der Waals surface area contributed by atoms with E-state index in [0.29, 0.717) is 23.0 Å². The Hall–Kier alpha value is -2.74. The fourth-order valence-corrected chi connectivity index (χ4v) is 2.69. The van der Waals surface area contributed by atoms with Gasteiger partial charge in [0.2, 0.25) is 0 Å². The van der Waals surface area contributed by atoms with Gasteiger partial charge in [0.15, 0.2) is 10.9 Å². The number of thiocarbonyl (C=S) groups is 1. The number of anilines is 2. The predicted molar refractivity (Wildman–Crippen MR) is 100 cm³/mol. The number of nitrogens with zero attached hydrogens (tertiary/aromatic N) is 4. The maximum absolute atomic E-state index is 13.7. The van der Waals surface area contributed by atoms with Gasteiger partial charge in [0.25, 0.3) is 0 Å². The smallest absolute Gasteiger partial charge is 0.176 e. The first-order valence-electron chi connectivity index (χ1n) is 7.94. The van der Waals surface area contributed by atoms with Crippen LogP contribution in [0, 0.1) is 12.7 Å². The monoisotopic (exact) mass is 358 g/mol. The minimum absolute atomic E-state index is 0.242. The van der Waals surface area contributed by atoms with Crippen molar-refractivity contribution in [1.82, 2.24) is 19.6 Å². The van der Waals surface area contributed by atoms with E-state index in [4.69, 9.17) is 12.2 Å². The van der Waals surface area contributed by atoms with Gasteiger partial charge in [-0.05, 0) is 32.1 Å². The number of nitrogens with one attached hydrogen (secondary N) is 2. The second-order valence-corrected chi connectivity index (χ2v) is 5.94. The molecule has 0 spiro atoms. The van der Waals surface area contributed by atoms with E-state index < -0.39 is 0 Å². The van der Waals surface area contributed by atoms with E-state index in [0.717, 1.165) is 17.9 Å². The Morgan fingerprint density at radius 2 is 2.04 bits per heavy atom. The fourth-order valence-electron chi connectivity index (χ4n) is 2.48. The van der Waals surface area contributed by atoms with Gasteiger partial charge in [-0.1, -0.05) is 18.2 Å². The minimum Gasteiger partial charge on any atom is -0.330 e. The van der Waals surface area contributed by atoms with Crippen LogP contribution in [0.4, 0.5) is 15.9 Å². The Balaban J connectivity index is 1.62. The van der Waals surface area contributed by atoms with Crippen molar-refractivity contribution < 1.29 is 4.39 Å². The highest BCUT2D eigenvalue weighted by Gasteiger charge is 2.08. The van der Waals surface area contributed by atoms with Gasteiger partial charge in [-0.3, -0.25) is 9.36 Å². The average molecular weight is 358 g/mol. The normalized spacial score (nSPS) is 10.7. The van der Waals surface area contributed by atoms with Crippen LogP contribution in [0.1, 0.15) is 18.2 Å². The second-order valence-electron chi connectivity index (χ2n) is 5.53. The predicted octanol–water partition coefficient (Wildman–Crippen LogP) is 3.40. The van der Waals surface area contributed by atoms with Crippen molar-refractivity contribution in [2.24, 2.45) is 0 Å². The van der Waals surface area contributed by atoms with E-state index in [1.165, 1.54) is 6.07 Å². The lowest BCUT2D eigenvalue weighted by Gasteiger charge is -2.08. The third-order valence-corrected chi connectivity index (χ3v) is 4.03. The first kappa shape index (κ1) is 17.1. The molecule has 2 heterocycles. The molecule has 3 aromatic rings. The average Bonchev–Trinajstić information content (AvgIpc) is 3.17. The second kappa shape index (κ2) is 7.43. The summed E-state index contributed by atoms with van der Waals surface area (Å²) in [7, 11) is 0. The maximum Gasteiger partial charge on any atom is 0.176 e. The molecular weight excluding hydrogens is 339 g/mol. The first-order chi connectivity index (χ1) is 12.1. The molecule has 0 aliphatic rings. The Morgan fingerprint density at radius 3 is 2.76 bits per heavy atom. The summed E-state index contributed by atoms with van der Waals surface area (Å²) in [6.07, 6.45) is 3.52. The van der Waals surface area contributed by atoms with Crippen molar-refractivity contribution in [2.75, 3.05) is 10.6 Å². The Morgan fingerprint density at radius 1 is 1.24 bits per heavy atom. The minimum atomic E-state index is -0.242. The van der Waals surface area contributed by atoms with E-state index >= 15 is 0 Å². The van der Waals surface area contributed by atoms with Crippen molar-refractivity contribution in [3.05, 3.63) is 59.8 Å². The third kappa shape index (κ3) is 4.03. The lowest BCUT2D eigenvalue weighted by Crippen LogP contribution is -2.20. The van der Waals surface area contributed by atoms with Crippen molar-refractivity contribution in [1.29, 1.82) is 0 Å². The van der Waals surface area contributed by atoms with E-state index in [1.54, 1.807) is 41.3 Å². The highest BCUT2D eigenvalue weighted by molar-refractivity contribution is 7.80. The Bertz CT molecular complexity index is 885. The fraction of sp³-hybridized carbons (Fsp3) is 0.235. The lowest BCUT2D eigenvalue weighted by molar-refractivity contribution is 0.586. The lowest BCUT2D eigenvalue weighted by atomic mass is 10.2. The molecule has 0 atom stereocenters. The zero-order valence-electron chi connectivity index (χ0n) is 14.0. The number of aryl methyl sites for hydroxylation is 1. The summed E-state index contributed by atoms with van der Waals surface area (Å²) in [4.78, 5) is 0. The van der Waals surface area contributed by atoms with Gasteiger partial charge in [0.1, 0.15) is 5.82 Å². The van der Waals surface area contributed by atoms with Crippen molar-refractivity contribution in [3.63, 3.8) is 0 Å². The highest BCUT2D eigenvalue weighted by atomic mass is 32.1. The van der Waals surface area contributed by atoms with Gasteiger partial charge in [-0.2, -0.15) is 10.2 Å². The quantitative estimate of drug-likeness (QED) is 0.685. The van der Waals surface area contributed by atoms with Gasteiger partial charge in [0.05, 0.1) is 24.1 Å². The summed E-state index contributed by atoms with van der Waals surface area (Å²) in [5.74, 6) is 0.350. The van der Waals surface area contributed by atoms with Gasteiger partial charge in [0, 0.05) is 24.4 Å². The van der Waals surface area contributed by atoms with Crippen LogP contribution in [0.3, 0.4) is 0 Å². The zero-order chi connectivity index (χ0) is 17.8. The van der Waals surface area contributed by atoms with Crippen molar-refractivity contribution in [2.45, 2.75) is 26.9 Å². The van der Waals surface area contributed by atoms with Crippen LogP contribution in [0.5, 0.6) is 0 Å². The maximum atomic E-state index is 13.7. The summed E-state index contributed by atoms with van der Waals surface area (Å²) >= 11 is 5.31. The summed E-state index contributed by atoms with van der Waals surface area (Å²) in [5.41, 5.74) is 2.45. The summed E-state index contributed by atoms with van der Waals surface area (Å²) < 4.78 is 17.2. The molecule has 2 N–H and O–H groups in total. The standard InChI is InChI=1S/C17H19FN6S/c1-3-24-12(2)15(10-19-24)20-17(25)21-16-8-9-23(22-16)11-13-6-4-5-7-14(13)18/h4-10H,3,11H2,1-2H3,(H2,20,21,22,25). The molecule has 0 bridgehead atoms. The molecule has 6 nitrogen and oxygen atoms in total. The van der Waals surface area contributed by atoms with Crippen LogP contribution < -0.4 is 10.6 Å². The number of hydrogen-bond donors (Lipinski definition) is 2. The van der Waals surface area contributed by atoms with Crippen LogP contribution >= 0.6 is 12.2 Å². The first-order valence-corrected chi connectivity index (χ1v) is 8.35. The number of hydrogen-bond acceptors (Lipinski definition) is 3. The molecule has 2 aromatic heterocycles.